The third-order valence-corrected chi connectivity index (χ3v) is 25.4. The van der Waals surface area contributed by atoms with E-state index in [9.17, 15) is 0 Å². The van der Waals surface area contributed by atoms with Gasteiger partial charge >= 0.3 is 154 Å². The maximum absolute atomic E-state index is 2.59. The monoisotopic (exact) mass is 476 g/mol. The van der Waals surface area contributed by atoms with Gasteiger partial charge in [0.15, 0.2) is 0 Å². The van der Waals surface area contributed by atoms with Crippen LogP contribution in [0.5, 0.6) is 0 Å². The van der Waals surface area contributed by atoms with Gasteiger partial charge in [0.1, 0.15) is 0 Å². The summed E-state index contributed by atoms with van der Waals surface area (Å²) >= 11 is -1.76. The minimum Gasteiger partial charge on any atom is -1.00 e. The van der Waals surface area contributed by atoms with Gasteiger partial charge in [-0.3, -0.25) is 0 Å². The summed E-state index contributed by atoms with van der Waals surface area (Å²) in [5.74, 6) is 0. The van der Waals surface area contributed by atoms with E-state index in [2.05, 4.69) is 87.6 Å². The van der Waals surface area contributed by atoms with Gasteiger partial charge in [-0.1, -0.05) is 0 Å². The molecule has 0 fully saturated rings. The van der Waals surface area contributed by atoms with Gasteiger partial charge in [-0.05, 0) is 0 Å². The minimum absolute atomic E-state index is 0. The molecule has 0 aromatic heterocycles. The normalized spacial score (nSPS) is 19.0. The van der Waals surface area contributed by atoms with Crippen LogP contribution < -0.4 is 24.8 Å². The van der Waals surface area contributed by atoms with Gasteiger partial charge in [-0.2, -0.15) is 0 Å². The number of fused-ring (bicyclic) bond motifs is 2. The number of hydrogen-bond donors (Lipinski definition) is 0. The van der Waals surface area contributed by atoms with Crippen molar-refractivity contribution >= 4 is 17.6 Å². The zero-order chi connectivity index (χ0) is 16.8. The summed E-state index contributed by atoms with van der Waals surface area (Å²) < 4.78 is 1.54. The van der Waals surface area contributed by atoms with E-state index in [0.29, 0.717) is 0 Å². The van der Waals surface area contributed by atoms with E-state index in [1.807, 2.05) is 0 Å². The van der Waals surface area contributed by atoms with Crippen molar-refractivity contribution in [1.29, 1.82) is 0 Å². The summed E-state index contributed by atoms with van der Waals surface area (Å²) in [6.45, 7) is 9.94. The van der Waals surface area contributed by atoms with Crippen LogP contribution >= 0.6 is 0 Å². The molecule has 2 aromatic rings. The van der Waals surface area contributed by atoms with Crippen LogP contribution in [-0.2, 0) is 20.4 Å². The second-order valence-electron chi connectivity index (χ2n) is 7.36. The zero-order valence-electron chi connectivity index (χ0n) is 15.7. The molecular formula is C22H24Cl2SiZr. The van der Waals surface area contributed by atoms with Crippen LogP contribution in [0.4, 0.5) is 0 Å². The summed E-state index contributed by atoms with van der Waals surface area (Å²) in [6.07, 6.45) is 4.93. The van der Waals surface area contributed by atoms with E-state index in [1.165, 1.54) is 11.1 Å². The van der Waals surface area contributed by atoms with Gasteiger partial charge in [0, 0.05) is 0 Å². The van der Waals surface area contributed by atoms with Crippen LogP contribution in [0.2, 0.25) is 13.1 Å². The molecule has 0 radical (unpaired) electrons. The molecular weight excluding hydrogens is 454 g/mol. The molecule has 0 bridgehead atoms. The molecule has 0 spiro atoms. The van der Waals surface area contributed by atoms with E-state index >= 15 is 0 Å². The smallest absolute Gasteiger partial charge is 1.00 e. The largest absolute Gasteiger partial charge is 1.00 e. The van der Waals surface area contributed by atoms with Gasteiger partial charge in [0.25, 0.3) is 0 Å². The molecule has 2 aliphatic carbocycles. The number of rotatable bonds is 2. The Morgan fingerprint density at radius 2 is 1.08 bits per heavy atom. The first-order valence-corrected chi connectivity index (χ1v) is 17.8. The number of hydrogen-bond acceptors (Lipinski definition) is 0. The first-order valence-electron chi connectivity index (χ1n) is 8.79. The third-order valence-electron chi connectivity index (χ3n) is 5.49. The van der Waals surface area contributed by atoms with Crippen LogP contribution in [-0.4, -0.2) is 5.43 Å². The van der Waals surface area contributed by atoms with Crippen molar-refractivity contribution in [3.63, 3.8) is 0 Å². The maximum atomic E-state index is 2.59. The second kappa shape index (κ2) is 8.74. The third kappa shape index (κ3) is 3.63. The summed E-state index contributed by atoms with van der Waals surface area (Å²) in [6, 6.07) is 18.3. The molecule has 0 N–H and O–H groups in total. The molecule has 0 saturated heterocycles. The molecule has 4 rings (SSSR count). The van der Waals surface area contributed by atoms with Crippen LogP contribution in [0, 0.1) is 0 Å². The van der Waals surface area contributed by atoms with Crippen molar-refractivity contribution < 1.29 is 45.2 Å². The fraction of sp³-hybridized carbons (Fsp3) is 0.273. The topological polar surface area (TPSA) is 0 Å². The van der Waals surface area contributed by atoms with E-state index in [-0.39, 0.29) is 30.2 Å². The molecule has 2 atom stereocenters. The number of benzene rings is 2. The molecule has 0 saturated carbocycles. The summed E-state index contributed by atoms with van der Waals surface area (Å²) in [4.78, 5) is 0. The zero-order valence-corrected chi connectivity index (χ0v) is 20.7. The summed E-state index contributed by atoms with van der Waals surface area (Å²) in [5, 5.41) is 0. The summed E-state index contributed by atoms with van der Waals surface area (Å²) in [5.41, 5.74) is 9.22. The van der Waals surface area contributed by atoms with Crippen molar-refractivity contribution in [3.8, 4) is 0 Å². The van der Waals surface area contributed by atoms with Crippen molar-refractivity contribution in [2.24, 2.45) is 0 Å². The Kier molecular flexibility index (Phi) is 7.36. The Balaban J connectivity index is 0.00000121. The van der Waals surface area contributed by atoms with Gasteiger partial charge in [-0.15, -0.1) is 0 Å². The van der Waals surface area contributed by atoms with E-state index < -0.39 is 20.4 Å². The van der Waals surface area contributed by atoms with Crippen molar-refractivity contribution in [3.05, 3.63) is 81.9 Å². The van der Waals surface area contributed by atoms with Gasteiger partial charge in [0.05, 0.1) is 0 Å². The van der Waals surface area contributed by atoms with E-state index in [1.54, 1.807) is 22.3 Å². The standard InChI is InChI=1S/2C10H9.C2H6Si.2ClH.Zr/c2*1-8-6-9-4-2-3-5-10(9)7-8;1-3-2;;;/h2*2-7H,1H3;1-2H3;2*1H;/q;;;;;+2/p-2. The average Bonchev–Trinajstić information content (AvgIpc) is 3.05. The van der Waals surface area contributed by atoms with E-state index in [4.69, 9.17) is 0 Å². The first kappa shape index (κ1) is 21.9. The Morgan fingerprint density at radius 1 is 0.692 bits per heavy atom. The Hall–Kier alpha value is -0.400. The molecule has 2 aliphatic rings. The number of allylic oxidation sites excluding steroid dienone is 2. The van der Waals surface area contributed by atoms with Crippen molar-refractivity contribution in [2.75, 3.05) is 0 Å². The predicted molar refractivity (Wildman–Crippen MR) is 103 cm³/mol. The first-order chi connectivity index (χ1) is 11.6. The molecule has 0 nitrogen and oxygen atoms in total. The molecule has 0 heterocycles. The van der Waals surface area contributed by atoms with Gasteiger partial charge in [-0.25, -0.2) is 0 Å². The predicted octanol–water partition coefficient (Wildman–Crippen LogP) is 0.180. The minimum atomic E-state index is -1.76. The van der Waals surface area contributed by atoms with Crippen LogP contribution in [0.1, 0.15) is 43.4 Å². The van der Waals surface area contributed by atoms with Crippen LogP contribution in [0.15, 0.2) is 59.7 Å². The molecule has 26 heavy (non-hydrogen) atoms. The maximum Gasteiger partial charge on any atom is -1.00 e. The molecule has 2 unspecified atom stereocenters. The number of halogens is 2. The molecule has 4 heteroatoms. The molecule has 134 valence electrons. The Morgan fingerprint density at radius 3 is 1.46 bits per heavy atom. The SMILES string of the molecule is CC1=Cc2ccccc2[CH]1[Zr+2]([CH]1C(C)=Cc2ccccc21)=[Si](C)C.[Cl-].[Cl-]. The van der Waals surface area contributed by atoms with Crippen molar-refractivity contribution in [1.82, 2.24) is 0 Å². The average molecular weight is 479 g/mol. The van der Waals surface area contributed by atoms with E-state index in [0.717, 1.165) is 7.25 Å². The van der Waals surface area contributed by atoms with Gasteiger partial charge in [0.2, 0.25) is 0 Å². The summed E-state index contributed by atoms with van der Waals surface area (Å²) in [7, 11) is 0. The molecule has 2 aromatic carbocycles. The van der Waals surface area contributed by atoms with Gasteiger partial charge < -0.3 is 24.8 Å². The Bertz CT molecular complexity index is 854. The Labute approximate surface area is 177 Å². The van der Waals surface area contributed by atoms with Crippen LogP contribution in [0.25, 0.3) is 12.2 Å². The van der Waals surface area contributed by atoms with Crippen LogP contribution in [0.3, 0.4) is 0 Å². The fourth-order valence-electron chi connectivity index (χ4n) is 4.53. The molecule has 0 aliphatic heterocycles. The second-order valence-corrected chi connectivity index (χ2v) is 25.2. The fourth-order valence-corrected chi connectivity index (χ4v) is 25.3. The molecule has 0 amide bonds. The quantitative estimate of drug-likeness (QED) is 0.541. The van der Waals surface area contributed by atoms with Crippen molar-refractivity contribution in [2.45, 2.75) is 34.2 Å².